The number of hydrogen-bond donors (Lipinski definition) is 1. The molecule has 2 aromatic carbocycles. The van der Waals surface area contributed by atoms with Crippen molar-refractivity contribution in [1.29, 1.82) is 0 Å². The van der Waals surface area contributed by atoms with Gasteiger partial charge in [0.15, 0.2) is 0 Å². The molecule has 0 aliphatic carbocycles. The van der Waals surface area contributed by atoms with Crippen LogP contribution in [-0.4, -0.2) is 17.5 Å². The first-order chi connectivity index (χ1) is 13.2. The molecule has 1 aliphatic heterocycles. The number of ether oxygens (including phenoxy) is 1. The molecule has 6 heteroatoms. The Morgan fingerprint density at radius 3 is 2.64 bits per heavy atom. The first-order valence-corrected chi connectivity index (χ1v) is 9.53. The molecule has 28 heavy (non-hydrogen) atoms. The molecule has 4 nitrogen and oxygen atoms in total. The second-order valence-electron chi connectivity index (χ2n) is 7.21. The van der Waals surface area contributed by atoms with E-state index in [4.69, 9.17) is 4.74 Å². The van der Waals surface area contributed by atoms with Gasteiger partial charge in [-0.15, -0.1) is 0 Å². The molecule has 1 aliphatic rings. The van der Waals surface area contributed by atoms with Crippen LogP contribution in [0, 0.1) is 5.82 Å². The number of para-hydroxylation sites is 1. The predicted molar refractivity (Wildman–Crippen MR) is 110 cm³/mol. The molecule has 0 spiro atoms. The molecular weight excluding hydrogens is 377 g/mol. The Kier molecular flexibility index (Phi) is 5.70. The fourth-order valence-corrected chi connectivity index (χ4v) is 3.45. The minimum Gasteiger partial charge on any atom is -0.457 e. The summed E-state index contributed by atoms with van der Waals surface area (Å²) in [6, 6.07) is 12.0. The molecule has 1 heterocycles. The van der Waals surface area contributed by atoms with Gasteiger partial charge >= 0.3 is 5.97 Å². The predicted octanol–water partition coefficient (Wildman–Crippen LogP) is 5.27. The van der Waals surface area contributed by atoms with Gasteiger partial charge in [0.25, 0.3) is 5.91 Å². The molecule has 2 aromatic rings. The van der Waals surface area contributed by atoms with Gasteiger partial charge in [0.05, 0.1) is 10.6 Å². The third kappa shape index (κ3) is 5.10. The maximum atomic E-state index is 14.5. The van der Waals surface area contributed by atoms with Crippen LogP contribution >= 0.6 is 11.8 Å². The lowest BCUT2D eigenvalue weighted by atomic mass is 10.1. The lowest BCUT2D eigenvalue weighted by Gasteiger charge is -2.18. The van der Waals surface area contributed by atoms with E-state index >= 15 is 0 Å². The fourth-order valence-electron chi connectivity index (χ4n) is 2.51. The fraction of sp³-hybridized carbons (Fsp3) is 0.182. The minimum atomic E-state index is -0.584. The third-order valence-corrected chi connectivity index (χ3v) is 4.81. The van der Waals surface area contributed by atoms with Crippen molar-refractivity contribution >= 4 is 41.5 Å². The molecular formula is C22H20FNO3S. The molecule has 3 rings (SSSR count). The first kappa shape index (κ1) is 19.9. The van der Waals surface area contributed by atoms with Crippen molar-refractivity contribution in [2.24, 2.45) is 0 Å². The maximum absolute atomic E-state index is 14.5. The summed E-state index contributed by atoms with van der Waals surface area (Å²) >= 11 is 1.30. The zero-order valence-electron chi connectivity index (χ0n) is 15.8. The Hall–Kier alpha value is -2.86. The van der Waals surface area contributed by atoms with Gasteiger partial charge in [-0.3, -0.25) is 4.79 Å². The Balaban J connectivity index is 1.77. The Morgan fingerprint density at radius 1 is 1.18 bits per heavy atom. The second-order valence-corrected chi connectivity index (χ2v) is 8.29. The van der Waals surface area contributed by atoms with Crippen LogP contribution in [0.25, 0.3) is 12.2 Å². The number of benzene rings is 2. The SMILES string of the molecule is CC(C)(C)OC(=O)/C=C/c1ccc(C=C2Sc3ccccc3NC2=O)c(F)c1. The molecule has 1 amide bonds. The summed E-state index contributed by atoms with van der Waals surface area (Å²) in [5.41, 5.74) is 0.986. The number of thioether (sulfide) groups is 1. The molecule has 0 radical (unpaired) electrons. The Labute approximate surface area is 167 Å². The van der Waals surface area contributed by atoms with E-state index in [1.165, 1.54) is 36.1 Å². The third-order valence-electron chi connectivity index (χ3n) is 3.71. The average molecular weight is 397 g/mol. The van der Waals surface area contributed by atoms with Gasteiger partial charge in [0.2, 0.25) is 0 Å². The molecule has 144 valence electrons. The summed E-state index contributed by atoms with van der Waals surface area (Å²) in [6.07, 6.45) is 4.28. The zero-order chi connectivity index (χ0) is 20.3. The van der Waals surface area contributed by atoms with Crippen LogP contribution in [0.5, 0.6) is 0 Å². The van der Waals surface area contributed by atoms with Crippen LogP contribution in [-0.2, 0) is 14.3 Å². The van der Waals surface area contributed by atoms with Gasteiger partial charge in [-0.2, -0.15) is 0 Å². The summed E-state index contributed by atoms with van der Waals surface area (Å²) in [5.74, 6) is -1.24. The second kappa shape index (κ2) is 8.02. The van der Waals surface area contributed by atoms with Gasteiger partial charge in [-0.25, -0.2) is 9.18 Å². The van der Waals surface area contributed by atoms with Gasteiger partial charge in [0.1, 0.15) is 11.4 Å². The van der Waals surface area contributed by atoms with Crippen LogP contribution in [0.1, 0.15) is 31.9 Å². The number of halogens is 1. The Bertz CT molecular complexity index is 990. The number of fused-ring (bicyclic) bond motifs is 1. The monoisotopic (exact) mass is 397 g/mol. The minimum absolute atomic E-state index is 0.267. The van der Waals surface area contributed by atoms with Gasteiger partial charge in [-0.05, 0) is 56.7 Å². The topological polar surface area (TPSA) is 55.4 Å². The quantitative estimate of drug-likeness (QED) is 0.567. The molecule has 0 bridgehead atoms. The highest BCUT2D eigenvalue weighted by atomic mass is 32.2. The van der Waals surface area contributed by atoms with Crippen LogP contribution < -0.4 is 5.32 Å². The molecule has 0 saturated heterocycles. The van der Waals surface area contributed by atoms with Crippen molar-refractivity contribution in [2.75, 3.05) is 5.32 Å². The summed E-state index contributed by atoms with van der Waals surface area (Å²) in [7, 11) is 0. The highest BCUT2D eigenvalue weighted by Crippen LogP contribution is 2.38. The van der Waals surface area contributed by atoms with Crippen molar-refractivity contribution in [1.82, 2.24) is 0 Å². The maximum Gasteiger partial charge on any atom is 0.331 e. The van der Waals surface area contributed by atoms with E-state index in [-0.39, 0.29) is 5.91 Å². The van der Waals surface area contributed by atoms with Crippen molar-refractivity contribution in [3.63, 3.8) is 0 Å². The lowest BCUT2D eigenvalue weighted by Crippen LogP contribution is -2.22. The van der Waals surface area contributed by atoms with E-state index in [1.807, 2.05) is 24.3 Å². The van der Waals surface area contributed by atoms with E-state index in [2.05, 4.69) is 5.32 Å². The normalized spacial score (nSPS) is 15.4. The van der Waals surface area contributed by atoms with Crippen LogP contribution in [0.3, 0.4) is 0 Å². The van der Waals surface area contributed by atoms with E-state index in [0.29, 0.717) is 16.0 Å². The standard InChI is InChI=1S/C22H20FNO3S/c1-22(2,3)27-20(25)11-9-14-8-10-15(16(23)12-14)13-19-21(26)24-17-6-4-5-7-18(17)28-19/h4-13H,1-3H3,(H,24,26)/b11-9+,19-13?. The number of amides is 1. The number of carbonyl (C=O) groups excluding carboxylic acids is 2. The first-order valence-electron chi connectivity index (χ1n) is 8.72. The number of esters is 1. The molecule has 0 aromatic heterocycles. The number of rotatable bonds is 3. The largest absolute Gasteiger partial charge is 0.457 e. The van der Waals surface area contributed by atoms with Gasteiger partial charge < -0.3 is 10.1 Å². The molecule has 1 N–H and O–H groups in total. The van der Waals surface area contributed by atoms with E-state index in [1.54, 1.807) is 32.9 Å². The molecule has 0 atom stereocenters. The number of hydrogen-bond acceptors (Lipinski definition) is 4. The number of nitrogens with one attached hydrogen (secondary N) is 1. The smallest absolute Gasteiger partial charge is 0.331 e. The van der Waals surface area contributed by atoms with Gasteiger partial charge in [-0.1, -0.05) is 36.0 Å². The number of carbonyl (C=O) groups is 2. The molecule has 0 unspecified atom stereocenters. The van der Waals surface area contributed by atoms with Crippen molar-refractivity contribution in [2.45, 2.75) is 31.3 Å². The highest BCUT2D eigenvalue weighted by Gasteiger charge is 2.21. The highest BCUT2D eigenvalue weighted by molar-refractivity contribution is 8.04. The summed E-state index contributed by atoms with van der Waals surface area (Å²) in [5, 5.41) is 2.80. The summed E-state index contributed by atoms with van der Waals surface area (Å²) in [6.45, 7) is 5.33. The van der Waals surface area contributed by atoms with E-state index < -0.39 is 17.4 Å². The van der Waals surface area contributed by atoms with E-state index in [9.17, 15) is 14.0 Å². The van der Waals surface area contributed by atoms with E-state index in [0.717, 1.165) is 10.6 Å². The molecule has 0 saturated carbocycles. The van der Waals surface area contributed by atoms with Crippen molar-refractivity contribution in [3.05, 3.63) is 70.4 Å². The average Bonchev–Trinajstić information content (AvgIpc) is 2.61. The molecule has 0 fully saturated rings. The lowest BCUT2D eigenvalue weighted by molar-refractivity contribution is -0.148. The zero-order valence-corrected chi connectivity index (χ0v) is 16.6. The number of anilines is 1. The van der Waals surface area contributed by atoms with Crippen LogP contribution in [0.2, 0.25) is 0 Å². The van der Waals surface area contributed by atoms with Crippen LogP contribution in [0.15, 0.2) is 58.3 Å². The summed E-state index contributed by atoms with van der Waals surface area (Å²) < 4.78 is 19.7. The van der Waals surface area contributed by atoms with Gasteiger partial charge in [0, 0.05) is 16.5 Å². The summed E-state index contributed by atoms with van der Waals surface area (Å²) in [4.78, 5) is 25.3. The van der Waals surface area contributed by atoms with Crippen molar-refractivity contribution in [3.8, 4) is 0 Å². The Morgan fingerprint density at radius 2 is 1.93 bits per heavy atom. The van der Waals surface area contributed by atoms with Crippen LogP contribution in [0.4, 0.5) is 10.1 Å². The van der Waals surface area contributed by atoms with Crippen molar-refractivity contribution < 1.29 is 18.7 Å².